The molecule has 27 heavy (non-hydrogen) atoms. The Morgan fingerprint density at radius 3 is 2.26 bits per heavy atom. The lowest BCUT2D eigenvalue weighted by molar-refractivity contribution is 0.0942. The van der Waals surface area contributed by atoms with Crippen molar-refractivity contribution in [2.45, 2.75) is 24.0 Å². The Morgan fingerprint density at radius 1 is 1.07 bits per heavy atom. The van der Waals surface area contributed by atoms with Gasteiger partial charge in [-0.15, -0.1) is 23.5 Å². The second-order valence-corrected chi connectivity index (χ2v) is 9.70. The third-order valence-electron chi connectivity index (χ3n) is 4.92. The fraction of sp³-hybridized carbons (Fsp3) is 0.409. The molecule has 2 aromatic carbocycles. The zero-order valence-electron chi connectivity index (χ0n) is 16.3. The van der Waals surface area contributed by atoms with Gasteiger partial charge in [-0.2, -0.15) is 0 Å². The molecule has 2 aromatic rings. The molecule has 0 radical (unpaired) electrons. The molecule has 0 aromatic heterocycles. The predicted molar refractivity (Wildman–Crippen MR) is 119 cm³/mol. The van der Waals surface area contributed by atoms with Gasteiger partial charge in [0, 0.05) is 23.6 Å². The molecule has 3 nitrogen and oxygen atoms in total. The van der Waals surface area contributed by atoms with Gasteiger partial charge in [0.25, 0.3) is 5.91 Å². The maximum atomic E-state index is 12.6. The van der Waals surface area contributed by atoms with Crippen molar-refractivity contribution in [3.8, 4) is 0 Å². The molecule has 1 N–H and O–H groups in total. The van der Waals surface area contributed by atoms with Gasteiger partial charge in [-0.25, -0.2) is 0 Å². The Morgan fingerprint density at radius 2 is 1.70 bits per heavy atom. The summed E-state index contributed by atoms with van der Waals surface area (Å²) in [6, 6.07) is 16.9. The Hall–Kier alpha value is -1.43. The second kappa shape index (κ2) is 9.67. The van der Waals surface area contributed by atoms with Crippen LogP contribution >= 0.6 is 23.5 Å². The smallest absolute Gasteiger partial charge is 0.251 e. The number of rotatable bonds is 7. The molecule has 1 aliphatic rings. The Bertz CT molecular complexity index is 738. The van der Waals surface area contributed by atoms with E-state index in [1.54, 1.807) is 0 Å². The zero-order chi connectivity index (χ0) is 19.2. The van der Waals surface area contributed by atoms with Crippen molar-refractivity contribution in [1.82, 2.24) is 10.2 Å². The summed E-state index contributed by atoms with van der Waals surface area (Å²) < 4.78 is 0.520. The number of benzene rings is 2. The monoisotopic (exact) mass is 400 g/mol. The quantitative estimate of drug-likeness (QED) is 0.726. The number of hydrogen-bond acceptors (Lipinski definition) is 4. The first kappa shape index (κ1) is 20.3. The van der Waals surface area contributed by atoms with Crippen molar-refractivity contribution in [1.29, 1.82) is 0 Å². The van der Waals surface area contributed by atoms with E-state index in [1.807, 2.05) is 35.7 Å². The van der Waals surface area contributed by atoms with Crippen LogP contribution in [0.25, 0.3) is 0 Å². The summed E-state index contributed by atoms with van der Waals surface area (Å²) in [7, 11) is 4.10. The van der Waals surface area contributed by atoms with E-state index in [2.05, 4.69) is 67.6 Å². The third-order valence-corrected chi connectivity index (χ3v) is 8.02. The maximum absolute atomic E-state index is 12.6. The second-order valence-electron chi connectivity index (χ2n) is 6.98. The Labute approximate surface area is 171 Å². The minimum Gasteiger partial charge on any atom is -0.350 e. The predicted octanol–water partition coefficient (Wildman–Crippen LogP) is 4.76. The van der Waals surface area contributed by atoms with Gasteiger partial charge in [-0.05, 0) is 49.3 Å². The molecule has 0 bridgehead atoms. The van der Waals surface area contributed by atoms with E-state index in [1.165, 1.54) is 28.2 Å². The number of aryl methyl sites for hydroxylation is 1. The molecule has 1 heterocycles. The van der Waals surface area contributed by atoms with Crippen molar-refractivity contribution < 1.29 is 4.79 Å². The maximum Gasteiger partial charge on any atom is 0.251 e. The molecule has 3 rings (SSSR count). The van der Waals surface area contributed by atoms with Crippen LogP contribution in [0.3, 0.4) is 0 Å². The van der Waals surface area contributed by atoms with Crippen molar-refractivity contribution in [2.24, 2.45) is 0 Å². The molecular weight excluding hydrogens is 372 g/mol. The molecule has 1 fully saturated rings. The van der Waals surface area contributed by atoms with Crippen LogP contribution in [-0.4, -0.2) is 43.0 Å². The van der Waals surface area contributed by atoms with Crippen molar-refractivity contribution in [2.75, 3.05) is 32.1 Å². The number of nitrogens with zero attached hydrogens (tertiary/aromatic N) is 1. The number of amides is 1. The number of carbonyl (C=O) groups is 1. The Kier molecular flexibility index (Phi) is 7.27. The lowest BCUT2D eigenvalue weighted by Crippen LogP contribution is -2.34. The van der Waals surface area contributed by atoms with Gasteiger partial charge >= 0.3 is 0 Å². The fourth-order valence-electron chi connectivity index (χ4n) is 3.21. The topological polar surface area (TPSA) is 32.3 Å². The van der Waals surface area contributed by atoms with Crippen LogP contribution in [0.4, 0.5) is 0 Å². The number of nitrogens with one attached hydrogen (secondary N) is 1. The van der Waals surface area contributed by atoms with Gasteiger partial charge in [0.1, 0.15) is 0 Å². The first-order valence-corrected chi connectivity index (χ1v) is 11.5. The first-order chi connectivity index (χ1) is 13.1. The number of thioether (sulfide) groups is 2. The molecule has 1 saturated heterocycles. The van der Waals surface area contributed by atoms with Crippen LogP contribution in [0.5, 0.6) is 0 Å². The van der Waals surface area contributed by atoms with E-state index in [-0.39, 0.29) is 11.9 Å². The van der Waals surface area contributed by atoms with E-state index in [0.717, 1.165) is 12.0 Å². The summed E-state index contributed by atoms with van der Waals surface area (Å²) in [5, 5.41) is 3.11. The molecule has 1 atom stereocenters. The third kappa shape index (κ3) is 5.31. The van der Waals surface area contributed by atoms with E-state index in [0.29, 0.717) is 11.1 Å². The van der Waals surface area contributed by atoms with Crippen LogP contribution in [0.15, 0.2) is 48.5 Å². The average Bonchev–Trinajstić information content (AvgIpc) is 3.23. The minimum atomic E-state index is -0.00898. The molecule has 0 spiro atoms. The highest BCUT2D eigenvalue weighted by Crippen LogP contribution is 2.45. The van der Waals surface area contributed by atoms with Crippen LogP contribution < -0.4 is 5.32 Å². The minimum absolute atomic E-state index is 0.00898. The molecule has 1 amide bonds. The lowest BCUT2D eigenvalue weighted by atomic mass is 10.0. The SMILES string of the molecule is CCc1ccc(C(CNC(=O)c2ccc(C3SCCS3)cc2)N(C)C)cc1. The van der Waals surface area contributed by atoms with Crippen LogP contribution in [0.2, 0.25) is 0 Å². The van der Waals surface area contributed by atoms with Gasteiger partial charge in [-0.3, -0.25) is 4.79 Å². The summed E-state index contributed by atoms with van der Waals surface area (Å²) in [6.07, 6.45) is 1.04. The highest BCUT2D eigenvalue weighted by molar-refractivity contribution is 8.19. The first-order valence-electron chi connectivity index (χ1n) is 9.45. The standard InChI is InChI=1S/C22H28N2OS2/c1-4-16-5-7-17(8-6-16)20(24(2)3)15-23-21(25)18-9-11-19(12-10-18)22-26-13-14-27-22/h5-12,20,22H,4,13-15H2,1-3H3,(H,23,25). The molecule has 5 heteroatoms. The van der Waals surface area contributed by atoms with E-state index in [9.17, 15) is 4.79 Å². The molecular formula is C22H28N2OS2. The highest BCUT2D eigenvalue weighted by atomic mass is 32.2. The average molecular weight is 401 g/mol. The molecule has 1 aliphatic heterocycles. The van der Waals surface area contributed by atoms with Crippen LogP contribution in [-0.2, 0) is 6.42 Å². The van der Waals surface area contributed by atoms with E-state index < -0.39 is 0 Å². The van der Waals surface area contributed by atoms with Crippen LogP contribution in [0, 0.1) is 0 Å². The molecule has 0 aliphatic carbocycles. The fourth-order valence-corrected chi connectivity index (χ4v) is 6.07. The number of hydrogen-bond donors (Lipinski definition) is 1. The number of likely N-dealkylation sites (N-methyl/N-ethyl adjacent to an activating group) is 1. The summed E-state index contributed by atoms with van der Waals surface area (Å²) in [5.74, 6) is 2.41. The largest absolute Gasteiger partial charge is 0.350 e. The van der Waals surface area contributed by atoms with Gasteiger partial charge in [-0.1, -0.05) is 43.3 Å². The van der Waals surface area contributed by atoms with Gasteiger partial charge in [0.05, 0.1) is 10.6 Å². The summed E-state index contributed by atoms with van der Waals surface area (Å²) in [4.78, 5) is 14.7. The van der Waals surface area contributed by atoms with Crippen molar-refractivity contribution in [3.63, 3.8) is 0 Å². The van der Waals surface area contributed by atoms with Crippen molar-refractivity contribution in [3.05, 3.63) is 70.8 Å². The van der Waals surface area contributed by atoms with Crippen LogP contribution in [0.1, 0.15) is 44.6 Å². The molecule has 0 saturated carbocycles. The van der Waals surface area contributed by atoms with Gasteiger partial charge < -0.3 is 10.2 Å². The zero-order valence-corrected chi connectivity index (χ0v) is 17.9. The summed E-state index contributed by atoms with van der Waals surface area (Å²) >= 11 is 3.97. The van der Waals surface area contributed by atoms with E-state index in [4.69, 9.17) is 0 Å². The lowest BCUT2D eigenvalue weighted by Gasteiger charge is -2.25. The van der Waals surface area contributed by atoms with Gasteiger partial charge in [0.2, 0.25) is 0 Å². The van der Waals surface area contributed by atoms with Gasteiger partial charge in [0.15, 0.2) is 0 Å². The summed E-state index contributed by atoms with van der Waals surface area (Å²) in [6.45, 7) is 2.75. The molecule has 144 valence electrons. The Balaban J connectivity index is 1.61. The van der Waals surface area contributed by atoms with E-state index >= 15 is 0 Å². The highest BCUT2D eigenvalue weighted by Gasteiger charge is 2.19. The number of carbonyl (C=O) groups excluding carboxylic acids is 1. The van der Waals surface area contributed by atoms with Crippen molar-refractivity contribution >= 4 is 29.4 Å². The summed E-state index contributed by atoms with van der Waals surface area (Å²) in [5.41, 5.74) is 4.59. The molecule has 1 unspecified atom stereocenters. The normalized spacial score (nSPS) is 15.9.